The number of benzene rings is 1. The lowest BCUT2D eigenvalue weighted by molar-refractivity contribution is -0.385. The number of carboxylic acid groups (broad SMARTS) is 1. The van der Waals surface area contributed by atoms with Gasteiger partial charge < -0.3 is 10.0 Å². The number of nitro benzene ring substituents is 1. The molecule has 1 aliphatic rings. The molecule has 1 N–H and O–H groups in total. The lowest BCUT2D eigenvalue weighted by Gasteiger charge is -2.33. The smallest absolute Gasteiger partial charge is 0.303 e. The van der Waals surface area contributed by atoms with Gasteiger partial charge in [-0.15, -0.1) is 0 Å². The highest BCUT2D eigenvalue weighted by Crippen LogP contribution is 2.22. The summed E-state index contributed by atoms with van der Waals surface area (Å²) < 4.78 is 26.5. The Morgan fingerprint density at radius 1 is 1.25 bits per heavy atom. The van der Waals surface area contributed by atoms with Gasteiger partial charge in [0.15, 0.2) is 0 Å². The van der Waals surface area contributed by atoms with Gasteiger partial charge in [0.2, 0.25) is 10.0 Å². The number of piperazine rings is 1. The van der Waals surface area contributed by atoms with E-state index in [2.05, 4.69) is 0 Å². The molecule has 0 spiro atoms. The van der Waals surface area contributed by atoms with E-state index in [1.807, 2.05) is 4.90 Å². The molecule has 10 heteroatoms. The van der Waals surface area contributed by atoms with Crippen molar-refractivity contribution < 1.29 is 23.2 Å². The van der Waals surface area contributed by atoms with E-state index in [-0.39, 0.29) is 30.1 Å². The summed E-state index contributed by atoms with van der Waals surface area (Å²) in [7, 11) is -3.77. The molecule has 1 saturated heterocycles. The number of hydrogen-bond donors (Lipinski definition) is 1. The molecule has 24 heavy (non-hydrogen) atoms. The summed E-state index contributed by atoms with van der Waals surface area (Å²) in [4.78, 5) is 22.6. The van der Waals surface area contributed by atoms with Crippen LogP contribution in [0.5, 0.6) is 0 Å². The van der Waals surface area contributed by atoms with E-state index in [0.29, 0.717) is 26.1 Å². The van der Waals surface area contributed by atoms with Crippen molar-refractivity contribution in [1.82, 2.24) is 9.21 Å². The largest absolute Gasteiger partial charge is 0.481 e. The Bertz CT molecular complexity index is 713. The average molecular weight is 357 g/mol. The van der Waals surface area contributed by atoms with Gasteiger partial charge in [-0.2, -0.15) is 4.31 Å². The molecule has 0 aromatic heterocycles. The van der Waals surface area contributed by atoms with Crippen LogP contribution in [0.4, 0.5) is 5.69 Å². The van der Waals surface area contributed by atoms with E-state index in [1.165, 1.54) is 22.5 Å². The van der Waals surface area contributed by atoms with Crippen molar-refractivity contribution in [3.8, 4) is 0 Å². The SMILES string of the molecule is O=C(O)CCCN1CCN(S(=O)(=O)c2cccc([N+](=O)[O-])c2)CC1. The Hall–Kier alpha value is -2.04. The van der Waals surface area contributed by atoms with Crippen molar-refractivity contribution in [3.63, 3.8) is 0 Å². The van der Waals surface area contributed by atoms with E-state index in [0.717, 1.165) is 6.07 Å². The minimum Gasteiger partial charge on any atom is -0.481 e. The maximum absolute atomic E-state index is 12.6. The topological polar surface area (TPSA) is 121 Å². The number of non-ortho nitro benzene ring substituents is 1. The molecular weight excluding hydrogens is 338 g/mol. The fourth-order valence-electron chi connectivity index (χ4n) is 2.55. The zero-order chi connectivity index (χ0) is 17.7. The Morgan fingerprint density at radius 3 is 2.50 bits per heavy atom. The highest BCUT2D eigenvalue weighted by atomic mass is 32.2. The van der Waals surface area contributed by atoms with Gasteiger partial charge in [0.1, 0.15) is 0 Å². The number of nitrogens with zero attached hydrogens (tertiary/aromatic N) is 3. The molecule has 0 bridgehead atoms. The van der Waals surface area contributed by atoms with Crippen LogP contribution in [0.25, 0.3) is 0 Å². The number of sulfonamides is 1. The van der Waals surface area contributed by atoms with Crippen molar-refractivity contribution in [2.24, 2.45) is 0 Å². The number of rotatable bonds is 7. The Labute approximate surface area is 139 Å². The molecule has 1 aromatic carbocycles. The first-order valence-corrected chi connectivity index (χ1v) is 8.93. The molecule has 9 nitrogen and oxygen atoms in total. The fraction of sp³-hybridized carbons (Fsp3) is 0.500. The Morgan fingerprint density at radius 2 is 1.92 bits per heavy atom. The van der Waals surface area contributed by atoms with Crippen LogP contribution in [-0.4, -0.2) is 66.3 Å². The standard InChI is InChI=1S/C14H19N3O6S/c18-14(19)5-2-6-15-7-9-16(10-8-15)24(22,23)13-4-1-3-12(11-13)17(20)21/h1,3-4,11H,2,5-10H2,(H,18,19). The van der Waals surface area contributed by atoms with Gasteiger partial charge >= 0.3 is 5.97 Å². The quantitative estimate of drug-likeness (QED) is 0.565. The van der Waals surface area contributed by atoms with Gasteiger partial charge in [-0.3, -0.25) is 14.9 Å². The van der Waals surface area contributed by atoms with E-state index in [1.54, 1.807) is 0 Å². The van der Waals surface area contributed by atoms with Crippen molar-refractivity contribution in [1.29, 1.82) is 0 Å². The van der Waals surface area contributed by atoms with Crippen molar-refractivity contribution in [3.05, 3.63) is 34.4 Å². The molecule has 0 unspecified atom stereocenters. The van der Waals surface area contributed by atoms with Crippen LogP contribution in [0.3, 0.4) is 0 Å². The summed E-state index contributed by atoms with van der Waals surface area (Å²) in [6.07, 6.45) is 0.610. The highest BCUT2D eigenvalue weighted by molar-refractivity contribution is 7.89. The number of carbonyl (C=O) groups is 1. The molecule has 1 aromatic rings. The Balaban J connectivity index is 1.98. The minimum atomic E-state index is -3.77. The third-order valence-corrected chi connectivity index (χ3v) is 5.76. The lowest BCUT2D eigenvalue weighted by Crippen LogP contribution is -2.48. The maximum atomic E-state index is 12.6. The maximum Gasteiger partial charge on any atom is 0.303 e. The van der Waals surface area contributed by atoms with Gasteiger partial charge in [-0.25, -0.2) is 8.42 Å². The van der Waals surface area contributed by atoms with Gasteiger partial charge in [0.25, 0.3) is 5.69 Å². The first kappa shape index (κ1) is 18.3. The number of carboxylic acids is 1. The zero-order valence-corrected chi connectivity index (χ0v) is 13.8. The number of hydrogen-bond acceptors (Lipinski definition) is 6. The van der Waals surface area contributed by atoms with Gasteiger partial charge in [0.05, 0.1) is 9.82 Å². The third-order valence-electron chi connectivity index (χ3n) is 3.86. The number of aliphatic carboxylic acids is 1. The number of nitro groups is 1. The molecule has 132 valence electrons. The summed E-state index contributed by atoms with van der Waals surface area (Å²) in [5.41, 5.74) is -0.261. The monoisotopic (exact) mass is 357 g/mol. The van der Waals surface area contributed by atoms with Crippen LogP contribution in [0, 0.1) is 10.1 Å². The molecule has 0 saturated carbocycles. The van der Waals surface area contributed by atoms with Crippen molar-refractivity contribution in [2.45, 2.75) is 17.7 Å². The second-order valence-corrected chi connectivity index (χ2v) is 7.44. The molecule has 0 aliphatic carbocycles. The zero-order valence-electron chi connectivity index (χ0n) is 13.0. The summed E-state index contributed by atoms with van der Waals surface area (Å²) in [6, 6.07) is 5.02. The highest BCUT2D eigenvalue weighted by Gasteiger charge is 2.29. The van der Waals surface area contributed by atoms with E-state index in [4.69, 9.17) is 5.11 Å². The van der Waals surface area contributed by atoms with E-state index in [9.17, 15) is 23.3 Å². The van der Waals surface area contributed by atoms with E-state index >= 15 is 0 Å². The minimum absolute atomic E-state index is 0.0870. The fourth-order valence-corrected chi connectivity index (χ4v) is 4.02. The van der Waals surface area contributed by atoms with Gasteiger partial charge in [-0.05, 0) is 19.0 Å². The van der Waals surface area contributed by atoms with Crippen molar-refractivity contribution >= 4 is 21.7 Å². The molecule has 1 heterocycles. The molecule has 0 amide bonds. The average Bonchev–Trinajstić information content (AvgIpc) is 2.55. The molecule has 0 radical (unpaired) electrons. The summed E-state index contributed by atoms with van der Waals surface area (Å²) in [5, 5.41) is 19.4. The predicted molar refractivity (Wildman–Crippen MR) is 85.2 cm³/mol. The molecule has 0 atom stereocenters. The molecular formula is C14H19N3O6S. The lowest BCUT2D eigenvalue weighted by atomic mass is 10.2. The van der Waals surface area contributed by atoms with Crippen LogP contribution >= 0.6 is 0 Å². The molecule has 2 rings (SSSR count). The van der Waals surface area contributed by atoms with Crippen LogP contribution in [0.15, 0.2) is 29.2 Å². The van der Waals surface area contributed by atoms with Gasteiger partial charge in [-0.1, -0.05) is 6.07 Å². The second-order valence-electron chi connectivity index (χ2n) is 5.50. The van der Waals surface area contributed by atoms with Crippen LogP contribution < -0.4 is 0 Å². The first-order chi connectivity index (χ1) is 11.3. The van der Waals surface area contributed by atoms with Crippen LogP contribution in [0.1, 0.15) is 12.8 Å². The van der Waals surface area contributed by atoms with Crippen molar-refractivity contribution in [2.75, 3.05) is 32.7 Å². The Kier molecular flexibility index (Phi) is 5.86. The third kappa shape index (κ3) is 4.49. The van der Waals surface area contributed by atoms with E-state index < -0.39 is 20.9 Å². The first-order valence-electron chi connectivity index (χ1n) is 7.49. The second kappa shape index (κ2) is 7.69. The van der Waals surface area contributed by atoms with Crippen LogP contribution in [-0.2, 0) is 14.8 Å². The normalized spacial score (nSPS) is 16.8. The molecule has 1 aliphatic heterocycles. The summed E-state index contributed by atoms with van der Waals surface area (Å²) in [6.45, 7) is 2.18. The predicted octanol–water partition coefficient (Wildman–Crippen LogP) is 0.766. The van der Waals surface area contributed by atoms with Gasteiger partial charge in [0, 0.05) is 44.7 Å². The summed E-state index contributed by atoms with van der Waals surface area (Å²) >= 11 is 0. The van der Waals surface area contributed by atoms with Crippen LogP contribution in [0.2, 0.25) is 0 Å². The molecule has 1 fully saturated rings. The summed E-state index contributed by atoms with van der Waals surface area (Å²) in [5.74, 6) is -0.845.